The van der Waals surface area contributed by atoms with Gasteiger partial charge in [-0.3, -0.25) is 4.79 Å². The van der Waals surface area contributed by atoms with Crippen LogP contribution in [0.1, 0.15) is 36.0 Å². The van der Waals surface area contributed by atoms with Crippen LogP contribution in [0.4, 0.5) is 5.69 Å². The fraction of sp³-hybridized carbons (Fsp3) is 0.588. The summed E-state index contributed by atoms with van der Waals surface area (Å²) in [6, 6.07) is 7.74. The maximum atomic E-state index is 12.9. The molecule has 2 aliphatic heterocycles. The van der Waals surface area contributed by atoms with Gasteiger partial charge in [0, 0.05) is 43.7 Å². The lowest BCUT2D eigenvalue weighted by Crippen LogP contribution is -2.49. The molecule has 2 unspecified atom stereocenters. The van der Waals surface area contributed by atoms with Gasteiger partial charge in [-0.1, -0.05) is 0 Å². The van der Waals surface area contributed by atoms with Crippen LogP contribution in [0.25, 0.3) is 0 Å². The van der Waals surface area contributed by atoms with Crippen molar-refractivity contribution in [1.82, 2.24) is 4.90 Å². The Balaban J connectivity index is 1.79. The minimum absolute atomic E-state index is 0.0368. The van der Waals surface area contributed by atoms with E-state index in [1.54, 1.807) is 0 Å². The average Bonchev–Trinajstić information content (AvgIpc) is 2.75. The zero-order chi connectivity index (χ0) is 16.8. The van der Waals surface area contributed by atoms with Gasteiger partial charge in [0.25, 0.3) is 5.91 Å². The van der Waals surface area contributed by atoms with Gasteiger partial charge in [-0.05, 0) is 49.9 Å². The standard InChI is InChI=1S/C17H24N2O3S/c1-18(2)13-6-4-12(5-7-13)17(20)19-14-8-9-15(19)11-16(10-14)23(3,21)22/h4-7,14-16H,8-11H2,1-3H3. The molecule has 2 atom stereocenters. The van der Waals surface area contributed by atoms with Crippen molar-refractivity contribution in [2.45, 2.75) is 43.0 Å². The minimum atomic E-state index is -3.02. The molecular formula is C17H24N2O3S. The van der Waals surface area contributed by atoms with Gasteiger partial charge in [-0.2, -0.15) is 0 Å². The Kier molecular flexibility index (Phi) is 4.12. The van der Waals surface area contributed by atoms with E-state index in [0.29, 0.717) is 18.4 Å². The second-order valence-corrected chi connectivity index (χ2v) is 9.29. The van der Waals surface area contributed by atoms with E-state index >= 15 is 0 Å². The first-order chi connectivity index (χ1) is 10.8. The fourth-order valence-corrected chi connectivity index (χ4v) is 5.00. The molecule has 0 aliphatic carbocycles. The predicted octanol–water partition coefficient (Wildman–Crippen LogP) is 1.93. The number of fused-ring (bicyclic) bond motifs is 2. The Morgan fingerprint density at radius 1 is 1.09 bits per heavy atom. The van der Waals surface area contributed by atoms with Gasteiger partial charge in [0.2, 0.25) is 0 Å². The molecule has 126 valence electrons. The first-order valence-electron chi connectivity index (χ1n) is 8.06. The number of amides is 1. The predicted molar refractivity (Wildman–Crippen MR) is 91.6 cm³/mol. The number of anilines is 1. The van der Waals surface area contributed by atoms with Crippen LogP contribution < -0.4 is 4.90 Å². The molecule has 2 bridgehead atoms. The molecule has 2 heterocycles. The molecule has 0 N–H and O–H groups in total. The van der Waals surface area contributed by atoms with Crippen molar-refractivity contribution >= 4 is 21.4 Å². The lowest BCUT2D eigenvalue weighted by Gasteiger charge is -2.38. The van der Waals surface area contributed by atoms with E-state index in [1.807, 2.05) is 48.2 Å². The van der Waals surface area contributed by atoms with E-state index in [0.717, 1.165) is 18.5 Å². The van der Waals surface area contributed by atoms with Gasteiger partial charge in [-0.25, -0.2) is 8.42 Å². The molecule has 2 aliphatic rings. The Hall–Kier alpha value is -1.56. The zero-order valence-electron chi connectivity index (χ0n) is 13.9. The number of hydrogen-bond acceptors (Lipinski definition) is 4. The fourth-order valence-electron chi connectivity index (χ4n) is 3.86. The summed E-state index contributed by atoms with van der Waals surface area (Å²) in [5, 5.41) is -0.292. The Morgan fingerprint density at radius 2 is 1.61 bits per heavy atom. The van der Waals surface area contributed by atoms with E-state index < -0.39 is 9.84 Å². The molecule has 3 rings (SSSR count). The van der Waals surface area contributed by atoms with Gasteiger partial charge in [0.1, 0.15) is 9.84 Å². The highest BCUT2D eigenvalue weighted by Crippen LogP contribution is 2.39. The Morgan fingerprint density at radius 3 is 2.04 bits per heavy atom. The van der Waals surface area contributed by atoms with Crippen molar-refractivity contribution in [3.8, 4) is 0 Å². The van der Waals surface area contributed by atoms with Crippen LogP contribution in [0.2, 0.25) is 0 Å². The largest absolute Gasteiger partial charge is 0.378 e. The summed E-state index contributed by atoms with van der Waals surface area (Å²) in [5.74, 6) is 0.0368. The van der Waals surface area contributed by atoms with Crippen LogP contribution in [0, 0.1) is 0 Å². The number of piperidine rings is 1. The van der Waals surface area contributed by atoms with E-state index in [4.69, 9.17) is 0 Å². The third-order valence-corrected chi connectivity index (χ3v) is 6.76. The molecule has 2 fully saturated rings. The SMILES string of the molecule is CN(C)c1ccc(C(=O)N2C3CCC2CC(S(C)(=O)=O)C3)cc1. The molecule has 2 saturated heterocycles. The zero-order valence-corrected chi connectivity index (χ0v) is 14.7. The Labute approximate surface area is 138 Å². The summed E-state index contributed by atoms with van der Waals surface area (Å²) < 4.78 is 23.7. The van der Waals surface area contributed by atoms with Gasteiger partial charge in [-0.15, -0.1) is 0 Å². The minimum Gasteiger partial charge on any atom is -0.378 e. The summed E-state index contributed by atoms with van der Waals surface area (Å²) in [7, 11) is 0.906. The number of carbonyl (C=O) groups is 1. The van der Waals surface area contributed by atoms with Crippen LogP contribution in [0.5, 0.6) is 0 Å². The third-order valence-electron chi connectivity index (χ3n) is 5.16. The number of sulfone groups is 1. The number of benzene rings is 1. The summed E-state index contributed by atoms with van der Waals surface area (Å²) in [6.07, 6.45) is 4.30. The van der Waals surface area contributed by atoms with Gasteiger partial charge < -0.3 is 9.80 Å². The van der Waals surface area contributed by atoms with Crippen LogP contribution in [0.3, 0.4) is 0 Å². The van der Waals surface area contributed by atoms with Crippen molar-refractivity contribution < 1.29 is 13.2 Å². The highest BCUT2D eigenvalue weighted by molar-refractivity contribution is 7.91. The lowest BCUT2D eigenvalue weighted by atomic mass is 10.0. The molecule has 6 heteroatoms. The molecule has 0 radical (unpaired) electrons. The van der Waals surface area contributed by atoms with E-state index in [2.05, 4.69) is 0 Å². The maximum absolute atomic E-state index is 12.9. The molecule has 1 aromatic rings. The molecule has 5 nitrogen and oxygen atoms in total. The molecule has 1 amide bonds. The third kappa shape index (κ3) is 3.09. The van der Waals surface area contributed by atoms with Gasteiger partial charge in [0.05, 0.1) is 5.25 Å². The van der Waals surface area contributed by atoms with Crippen LogP contribution in [0.15, 0.2) is 24.3 Å². The van der Waals surface area contributed by atoms with Crippen LogP contribution in [-0.2, 0) is 9.84 Å². The second kappa shape index (κ2) is 5.82. The molecule has 0 saturated carbocycles. The van der Waals surface area contributed by atoms with Crippen molar-refractivity contribution in [2.24, 2.45) is 0 Å². The van der Waals surface area contributed by atoms with Crippen molar-refractivity contribution in [3.63, 3.8) is 0 Å². The summed E-state index contributed by atoms with van der Waals surface area (Å²) in [6.45, 7) is 0. The monoisotopic (exact) mass is 336 g/mol. The molecule has 0 spiro atoms. The average molecular weight is 336 g/mol. The van der Waals surface area contributed by atoms with Crippen molar-refractivity contribution in [2.75, 3.05) is 25.3 Å². The summed E-state index contributed by atoms with van der Waals surface area (Å²) in [5.41, 5.74) is 1.74. The van der Waals surface area contributed by atoms with Crippen molar-refractivity contribution in [1.29, 1.82) is 0 Å². The Bertz CT molecular complexity index is 683. The van der Waals surface area contributed by atoms with E-state index in [9.17, 15) is 13.2 Å². The quantitative estimate of drug-likeness (QED) is 0.846. The van der Waals surface area contributed by atoms with Gasteiger partial charge in [0.15, 0.2) is 0 Å². The summed E-state index contributed by atoms with van der Waals surface area (Å²) >= 11 is 0. The first kappa shape index (κ1) is 16.3. The molecular weight excluding hydrogens is 312 g/mol. The second-order valence-electron chi connectivity index (χ2n) is 6.96. The van der Waals surface area contributed by atoms with Crippen molar-refractivity contribution in [3.05, 3.63) is 29.8 Å². The number of hydrogen-bond donors (Lipinski definition) is 0. The van der Waals surface area contributed by atoms with E-state index in [-0.39, 0.29) is 23.2 Å². The number of rotatable bonds is 3. The van der Waals surface area contributed by atoms with E-state index in [1.165, 1.54) is 6.26 Å². The maximum Gasteiger partial charge on any atom is 0.254 e. The normalized spacial score (nSPS) is 27.1. The van der Waals surface area contributed by atoms with Crippen LogP contribution in [-0.4, -0.2) is 56.9 Å². The highest BCUT2D eigenvalue weighted by atomic mass is 32.2. The smallest absolute Gasteiger partial charge is 0.254 e. The van der Waals surface area contributed by atoms with Gasteiger partial charge >= 0.3 is 0 Å². The highest BCUT2D eigenvalue weighted by Gasteiger charge is 2.45. The lowest BCUT2D eigenvalue weighted by molar-refractivity contribution is 0.0598. The number of carbonyl (C=O) groups excluding carboxylic acids is 1. The topological polar surface area (TPSA) is 57.7 Å². The molecule has 1 aromatic carbocycles. The van der Waals surface area contributed by atoms with Crippen LogP contribution >= 0.6 is 0 Å². The molecule has 0 aromatic heterocycles. The summed E-state index contributed by atoms with van der Waals surface area (Å²) in [4.78, 5) is 16.8. The number of nitrogens with zero attached hydrogens (tertiary/aromatic N) is 2. The molecule has 23 heavy (non-hydrogen) atoms. The first-order valence-corrected chi connectivity index (χ1v) is 10.0.